The minimum atomic E-state index is -0.220. The molecule has 2 amide bonds. The number of nitrogens with one attached hydrogen (secondary N) is 2. The summed E-state index contributed by atoms with van der Waals surface area (Å²) in [6, 6.07) is 10.8. The van der Waals surface area contributed by atoms with E-state index < -0.39 is 0 Å². The van der Waals surface area contributed by atoms with Gasteiger partial charge in [-0.05, 0) is 43.7 Å². The number of carbonyl (C=O) groups is 2. The van der Waals surface area contributed by atoms with Crippen molar-refractivity contribution in [3.63, 3.8) is 0 Å². The first kappa shape index (κ1) is 19.0. The molecule has 3 rings (SSSR count). The second-order valence-electron chi connectivity index (χ2n) is 6.07. The summed E-state index contributed by atoms with van der Waals surface area (Å²) in [7, 11) is 0. The van der Waals surface area contributed by atoms with Crippen LogP contribution in [-0.2, 0) is 16.1 Å². The van der Waals surface area contributed by atoms with E-state index >= 15 is 0 Å². The Labute approximate surface area is 162 Å². The highest BCUT2D eigenvalue weighted by molar-refractivity contribution is 8.04. The van der Waals surface area contributed by atoms with Gasteiger partial charge in [-0.2, -0.15) is 0 Å². The highest BCUT2D eigenvalue weighted by Gasteiger charge is 2.20. The lowest BCUT2D eigenvalue weighted by Gasteiger charge is -2.18. The maximum atomic E-state index is 12.5. The maximum absolute atomic E-state index is 12.5. The van der Waals surface area contributed by atoms with Crippen LogP contribution in [-0.4, -0.2) is 29.2 Å². The van der Waals surface area contributed by atoms with Gasteiger partial charge in [0.25, 0.3) is 11.8 Å². The van der Waals surface area contributed by atoms with Crippen molar-refractivity contribution in [1.29, 1.82) is 0 Å². The highest BCUT2D eigenvalue weighted by Crippen LogP contribution is 2.27. The fourth-order valence-electron chi connectivity index (χ4n) is 2.58. The topological polar surface area (TPSA) is 80.3 Å². The largest absolute Gasteiger partial charge is 0.496 e. The number of hydrogen-bond acceptors (Lipinski definition) is 5. The molecule has 0 unspecified atom stereocenters. The molecular formula is C20H21N3O3S. The number of hydrogen-bond donors (Lipinski definition) is 2. The summed E-state index contributed by atoms with van der Waals surface area (Å²) in [5.74, 6) is 0.939. The number of aryl methyl sites for hydroxylation is 1. The Hall–Kier alpha value is -2.80. The summed E-state index contributed by atoms with van der Waals surface area (Å²) in [5, 5.41) is 5.73. The summed E-state index contributed by atoms with van der Waals surface area (Å²) in [6.07, 6.45) is 1.69. The summed E-state index contributed by atoms with van der Waals surface area (Å²) >= 11 is 1.48. The summed E-state index contributed by atoms with van der Waals surface area (Å²) < 4.78 is 5.44. The molecule has 2 heterocycles. The number of pyridine rings is 1. The number of ether oxygens (including phenoxy) is 1. The fourth-order valence-corrected chi connectivity index (χ4v) is 3.40. The van der Waals surface area contributed by atoms with E-state index in [9.17, 15) is 9.59 Å². The lowest BCUT2D eigenvalue weighted by molar-refractivity contribution is -0.112. The number of thioether (sulfide) groups is 1. The van der Waals surface area contributed by atoms with Gasteiger partial charge in [-0.3, -0.25) is 14.6 Å². The number of carbonyl (C=O) groups excluding carboxylic acids is 2. The van der Waals surface area contributed by atoms with E-state index in [1.807, 2.05) is 31.2 Å². The van der Waals surface area contributed by atoms with Gasteiger partial charge in [-0.25, -0.2) is 0 Å². The summed E-state index contributed by atoms with van der Waals surface area (Å²) in [4.78, 5) is 29.7. The zero-order chi connectivity index (χ0) is 19.2. The molecule has 1 aromatic carbocycles. The van der Waals surface area contributed by atoms with Gasteiger partial charge in [0.05, 0.1) is 18.8 Å². The van der Waals surface area contributed by atoms with E-state index in [1.165, 1.54) is 11.8 Å². The second kappa shape index (κ2) is 8.73. The molecule has 1 aromatic heterocycles. The number of benzene rings is 1. The van der Waals surface area contributed by atoms with Crippen LogP contribution in [0.1, 0.15) is 28.5 Å². The molecule has 27 heavy (non-hydrogen) atoms. The Bertz CT molecular complexity index is 881. The molecule has 0 fully saturated rings. The van der Waals surface area contributed by atoms with Crippen LogP contribution in [0.3, 0.4) is 0 Å². The van der Waals surface area contributed by atoms with Crippen molar-refractivity contribution >= 4 is 29.3 Å². The molecular weight excluding hydrogens is 362 g/mol. The Kier molecular flexibility index (Phi) is 6.13. The van der Waals surface area contributed by atoms with Crippen molar-refractivity contribution in [2.75, 3.05) is 17.7 Å². The molecule has 0 saturated carbocycles. The Morgan fingerprint density at radius 2 is 2.04 bits per heavy atom. The van der Waals surface area contributed by atoms with Crippen LogP contribution in [0.2, 0.25) is 0 Å². The van der Waals surface area contributed by atoms with Crippen LogP contribution in [0.4, 0.5) is 5.69 Å². The predicted octanol–water partition coefficient (Wildman–Crippen LogP) is 3.25. The standard InChI is InChI=1S/C20H21N3O3S/c1-13-6-7-15(19(24)22-12-16-5-3-4-8-21-16)11-17(13)23-20(25)18-14(2)26-9-10-27-18/h3-8,11H,9-10,12H2,1-2H3,(H,22,24)(H,23,25). The zero-order valence-corrected chi connectivity index (χ0v) is 16.1. The summed E-state index contributed by atoms with van der Waals surface area (Å²) in [6.45, 7) is 4.62. The molecule has 0 radical (unpaired) electrons. The number of anilines is 1. The van der Waals surface area contributed by atoms with Crippen molar-refractivity contribution in [2.45, 2.75) is 20.4 Å². The first-order valence-electron chi connectivity index (χ1n) is 8.61. The van der Waals surface area contributed by atoms with E-state index in [2.05, 4.69) is 15.6 Å². The number of rotatable bonds is 5. The fraction of sp³-hybridized carbons (Fsp3) is 0.250. The molecule has 0 saturated heterocycles. The van der Waals surface area contributed by atoms with Crippen LogP contribution in [0.25, 0.3) is 0 Å². The first-order chi connectivity index (χ1) is 13.0. The highest BCUT2D eigenvalue weighted by atomic mass is 32.2. The third-order valence-electron chi connectivity index (χ3n) is 4.08. The maximum Gasteiger partial charge on any atom is 0.265 e. The van der Waals surface area contributed by atoms with E-state index in [4.69, 9.17) is 4.74 Å². The van der Waals surface area contributed by atoms with Crippen molar-refractivity contribution in [3.05, 3.63) is 70.1 Å². The van der Waals surface area contributed by atoms with E-state index in [-0.39, 0.29) is 11.8 Å². The van der Waals surface area contributed by atoms with Crippen LogP contribution >= 0.6 is 11.8 Å². The van der Waals surface area contributed by atoms with Gasteiger partial charge in [0, 0.05) is 23.2 Å². The van der Waals surface area contributed by atoms with Crippen LogP contribution in [0, 0.1) is 6.92 Å². The minimum absolute atomic E-state index is 0.216. The average molecular weight is 383 g/mol. The lowest BCUT2D eigenvalue weighted by Crippen LogP contribution is -2.24. The molecule has 7 heteroatoms. The molecule has 2 aromatic rings. The molecule has 140 valence electrons. The van der Waals surface area contributed by atoms with Gasteiger partial charge >= 0.3 is 0 Å². The second-order valence-corrected chi connectivity index (χ2v) is 7.17. The average Bonchev–Trinajstić information content (AvgIpc) is 2.69. The molecule has 0 spiro atoms. The molecule has 6 nitrogen and oxygen atoms in total. The van der Waals surface area contributed by atoms with Gasteiger partial charge in [-0.15, -0.1) is 11.8 Å². The third-order valence-corrected chi connectivity index (χ3v) is 5.21. The van der Waals surface area contributed by atoms with Gasteiger partial charge in [0.2, 0.25) is 0 Å². The lowest BCUT2D eigenvalue weighted by atomic mass is 10.1. The molecule has 1 aliphatic rings. The van der Waals surface area contributed by atoms with Crippen LogP contribution < -0.4 is 10.6 Å². The van der Waals surface area contributed by atoms with Crippen LogP contribution in [0.5, 0.6) is 0 Å². The number of nitrogens with zero attached hydrogens (tertiary/aromatic N) is 1. The predicted molar refractivity (Wildman–Crippen MR) is 106 cm³/mol. The Morgan fingerprint density at radius 1 is 1.19 bits per heavy atom. The Balaban J connectivity index is 1.70. The zero-order valence-electron chi connectivity index (χ0n) is 15.2. The normalized spacial score (nSPS) is 13.7. The first-order valence-corrected chi connectivity index (χ1v) is 9.60. The monoisotopic (exact) mass is 383 g/mol. The quantitative estimate of drug-likeness (QED) is 0.828. The van der Waals surface area contributed by atoms with Gasteiger partial charge in [0.1, 0.15) is 10.7 Å². The van der Waals surface area contributed by atoms with E-state index in [1.54, 1.807) is 25.3 Å². The van der Waals surface area contributed by atoms with Gasteiger partial charge in [0.15, 0.2) is 0 Å². The minimum Gasteiger partial charge on any atom is -0.496 e. The molecule has 1 aliphatic heterocycles. The third kappa shape index (κ3) is 4.89. The van der Waals surface area contributed by atoms with Crippen molar-refractivity contribution in [3.8, 4) is 0 Å². The molecule has 0 bridgehead atoms. The number of amides is 2. The van der Waals surface area contributed by atoms with Gasteiger partial charge < -0.3 is 15.4 Å². The summed E-state index contributed by atoms with van der Waals surface area (Å²) in [5.41, 5.74) is 2.75. The molecule has 2 N–H and O–H groups in total. The number of allylic oxidation sites excluding steroid dienone is 1. The number of aromatic nitrogens is 1. The van der Waals surface area contributed by atoms with E-state index in [0.717, 1.165) is 17.0 Å². The Morgan fingerprint density at radius 3 is 2.78 bits per heavy atom. The van der Waals surface area contributed by atoms with Crippen LogP contribution in [0.15, 0.2) is 53.3 Å². The van der Waals surface area contributed by atoms with Gasteiger partial charge in [-0.1, -0.05) is 12.1 Å². The van der Waals surface area contributed by atoms with E-state index in [0.29, 0.717) is 35.1 Å². The SMILES string of the molecule is CC1=C(C(=O)Nc2cc(C(=O)NCc3ccccn3)ccc2C)SCCO1. The van der Waals surface area contributed by atoms with Crippen molar-refractivity contribution in [1.82, 2.24) is 10.3 Å². The molecule has 0 aliphatic carbocycles. The van der Waals surface area contributed by atoms with Crippen molar-refractivity contribution < 1.29 is 14.3 Å². The van der Waals surface area contributed by atoms with Crippen molar-refractivity contribution in [2.24, 2.45) is 0 Å². The smallest absolute Gasteiger partial charge is 0.265 e. The molecule has 0 atom stereocenters.